The number of fused-ring (bicyclic) bond motifs is 7. The molecular formula is C36H39NO. The van der Waals surface area contributed by atoms with Crippen LogP contribution in [0.5, 0.6) is 0 Å². The van der Waals surface area contributed by atoms with Gasteiger partial charge in [0.25, 0.3) is 0 Å². The molecule has 0 N–H and O–H groups in total. The number of pyridine rings is 1. The van der Waals surface area contributed by atoms with E-state index in [4.69, 9.17) is 9.40 Å². The minimum atomic E-state index is 0.0206. The fourth-order valence-electron chi connectivity index (χ4n) is 7.15. The van der Waals surface area contributed by atoms with Crippen molar-refractivity contribution in [2.75, 3.05) is 0 Å². The van der Waals surface area contributed by atoms with Gasteiger partial charge in [-0.05, 0) is 89.1 Å². The van der Waals surface area contributed by atoms with Crippen LogP contribution in [0.3, 0.4) is 0 Å². The number of hydrogen-bond donors (Lipinski definition) is 0. The Labute approximate surface area is 227 Å². The first kappa shape index (κ1) is 24.9. The predicted octanol–water partition coefficient (Wildman–Crippen LogP) is 10.4. The van der Waals surface area contributed by atoms with E-state index in [0.717, 1.165) is 35.3 Å². The predicted molar refractivity (Wildman–Crippen MR) is 161 cm³/mol. The lowest BCUT2D eigenvalue weighted by Gasteiger charge is -2.35. The average molecular weight is 502 g/mol. The van der Waals surface area contributed by atoms with E-state index in [1.165, 1.54) is 44.2 Å². The summed E-state index contributed by atoms with van der Waals surface area (Å²) >= 11 is 0. The summed E-state index contributed by atoms with van der Waals surface area (Å²) in [4.78, 5) is 4.81. The summed E-state index contributed by atoms with van der Waals surface area (Å²) in [7, 11) is 0. The van der Waals surface area contributed by atoms with Crippen molar-refractivity contribution in [2.24, 2.45) is 11.8 Å². The van der Waals surface area contributed by atoms with E-state index in [9.17, 15) is 0 Å². The maximum atomic E-state index is 6.75. The number of benzene rings is 3. The van der Waals surface area contributed by atoms with Crippen molar-refractivity contribution in [1.29, 1.82) is 0 Å². The molecule has 0 unspecified atom stereocenters. The van der Waals surface area contributed by atoms with Gasteiger partial charge in [0.1, 0.15) is 11.2 Å². The summed E-state index contributed by atoms with van der Waals surface area (Å²) in [6.45, 7) is 16.1. The summed E-state index contributed by atoms with van der Waals surface area (Å²) in [5, 5.41) is 2.44. The molecule has 2 heteroatoms. The van der Waals surface area contributed by atoms with Gasteiger partial charge in [-0.1, -0.05) is 84.0 Å². The van der Waals surface area contributed by atoms with Gasteiger partial charge in [0.15, 0.2) is 0 Å². The van der Waals surface area contributed by atoms with Crippen LogP contribution in [-0.2, 0) is 5.41 Å². The molecule has 38 heavy (non-hydrogen) atoms. The second-order valence-corrected chi connectivity index (χ2v) is 12.6. The lowest BCUT2D eigenvalue weighted by atomic mass is 9.68. The Bertz CT molecular complexity index is 1660. The number of hydrogen-bond acceptors (Lipinski definition) is 2. The van der Waals surface area contributed by atoms with Crippen LogP contribution in [-0.4, -0.2) is 4.98 Å². The van der Waals surface area contributed by atoms with Crippen molar-refractivity contribution in [3.05, 3.63) is 89.1 Å². The van der Waals surface area contributed by atoms with E-state index >= 15 is 0 Å². The van der Waals surface area contributed by atoms with Crippen molar-refractivity contribution in [1.82, 2.24) is 4.98 Å². The maximum Gasteiger partial charge on any atom is 0.145 e. The van der Waals surface area contributed by atoms with Gasteiger partial charge in [-0.15, -0.1) is 0 Å². The molecule has 0 bridgehead atoms. The van der Waals surface area contributed by atoms with Gasteiger partial charge in [0.05, 0.1) is 5.69 Å². The van der Waals surface area contributed by atoms with Crippen molar-refractivity contribution >= 4 is 21.9 Å². The van der Waals surface area contributed by atoms with E-state index in [1.807, 2.05) is 6.20 Å². The third-order valence-corrected chi connectivity index (χ3v) is 8.46. The topological polar surface area (TPSA) is 26.0 Å². The molecule has 0 amide bonds. The molecule has 1 aliphatic carbocycles. The average Bonchev–Trinajstić information content (AvgIpc) is 3.37. The van der Waals surface area contributed by atoms with Crippen LogP contribution >= 0.6 is 0 Å². The lowest BCUT2D eigenvalue weighted by molar-refractivity contribution is 0.337. The molecule has 0 saturated heterocycles. The molecule has 1 aliphatic rings. The number of aryl methyl sites for hydroxylation is 1. The molecule has 0 atom stereocenters. The van der Waals surface area contributed by atoms with Gasteiger partial charge in [-0.3, -0.25) is 4.98 Å². The molecule has 194 valence electrons. The molecule has 2 heterocycles. The quantitative estimate of drug-likeness (QED) is 0.231. The molecule has 0 fully saturated rings. The van der Waals surface area contributed by atoms with Gasteiger partial charge < -0.3 is 4.42 Å². The van der Waals surface area contributed by atoms with E-state index in [2.05, 4.69) is 109 Å². The fraction of sp³-hybridized carbons (Fsp3) is 0.361. The van der Waals surface area contributed by atoms with E-state index < -0.39 is 0 Å². The van der Waals surface area contributed by atoms with Crippen molar-refractivity contribution < 1.29 is 4.42 Å². The molecule has 0 spiro atoms. The second-order valence-electron chi connectivity index (χ2n) is 12.6. The maximum absolute atomic E-state index is 6.75. The van der Waals surface area contributed by atoms with Gasteiger partial charge in [0.2, 0.25) is 0 Å². The van der Waals surface area contributed by atoms with Crippen LogP contribution in [0.25, 0.3) is 44.3 Å². The lowest BCUT2D eigenvalue weighted by Crippen LogP contribution is -2.29. The highest BCUT2D eigenvalue weighted by Gasteiger charge is 2.44. The molecule has 2 nitrogen and oxygen atoms in total. The van der Waals surface area contributed by atoms with Crippen molar-refractivity contribution in [3.63, 3.8) is 0 Å². The Morgan fingerprint density at radius 1 is 0.789 bits per heavy atom. The van der Waals surface area contributed by atoms with E-state index in [-0.39, 0.29) is 5.41 Å². The van der Waals surface area contributed by atoms with Gasteiger partial charge in [0, 0.05) is 27.9 Å². The van der Waals surface area contributed by atoms with Crippen LogP contribution in [0.4, 0.5) is 0 Å². The molecule has 0 radical (unpaired) electrons. The van der Waals surface area contributed by atoms with Crippen molar-refractivity contribution in [3.8, 4) is 22.4 Å². The molecule has 5 aromatic rings. The minimum Gasteiger partial charge on any atom is -0.455 e. The summed E-state index contributed by atoms with van der Waals surface area (Å²) in [6, 6.07) is 22.6. The van der Waals surface area contributed by atoms with Crippen LogP contribution < -0.4 is 0 Å². The largest absolute Gasteiger partial charge is 0.455 e. The fourth-order valence-corrected chi connectivity index (χ4v) is 7.15. The van der Waals surface area contributed by atoms with Gasteiger partial charge in [-0.2, -0.15) is 0 Å². The minimum absolute atomic E-state index is 0.0206. The highest BCUT2D eigenvalue weighted by molar-refractivity contribution is 6.17. The van der Waals surface area contributed by atoms with E-state index in [0.29, 0.717) is 17.8 Å². The van der Waals surface area contributed by atoms with E-state index in [1.54, 1.807) is 0 Å². The Morgan fingerprint density at radius 2 is 1.53 bits per heavy atom. The standard InChI is InChI=1S/C36H39NO/c1-21(2)19-36(20-22(3)4)28-11-9-8-10-26(28)33-29(36)14-15-31-34(33)27-13-12-24(7)32(35(27)38-31)30-18-25(23(5)6)16-17-37-30/h8-18,21-23H,19-20H2,1-7H3. The summed E-state index contributed by atoms with van der Waals surface area (Å²) in [5.41, 5.74) is 12.2. The highest BCUT2D eigenvalue weighted by Crippen LogP contribution is 2.58. The summed E-state index contributed by atoms with van der Waals surface area (Å²) < 4.78 is 6.75. The first-order valence-corrected chi connectivity index (χ1v) is 14.3. The third-order valence-electron chi connectivity index (χ3n) is 8.46. The summed E-state index contributed by atoms with van der Waals surface area (Å²) in [6.07, 6.45) is 4.23. The molecular weight excluding hydrogens is 462 g/mol. The van der Waals surface area contributed by atoms with Gasteiger partial charge >= 0.3 is 0 Å². The summed E-state index contributed by atoms with van der Waals surface area (Å²) in [5.74, 6) is 1.64. The second kappa shape index (κ2) is 9.12. The Morgan fingerprint density at radius 3 is 2.24 bits per heavy atom. The number of furan rings is 1. The number of nitrogens with zero attached hydrogens (tertiary/aromatic N) is 1. The Hall–Kier alpha value is -3.39. The first-order valence-electron chi connectivity index (χ1n) is 14.3. The number of aromatic nitrogens is 1. The highest BCUT2D eigenvalue weighted by atomic mass is 16.3. The SMILES string of the molecule is Cc1ccc2c(oc3ccc4c(c32)-c2ccccc2C4(CC(C)C)CC(C)C)c1-c1cc(C(C)C)ccn1. The zero-order valence-electron chi connectivity index (χ0n) is 23.9. The molecule has 0 aliphatic heterocycles. The number of rotatable bonds is 6. The van der Waals surface area contributed by atoms with Gasteiger partial charge in [-0.25, -0.2) is 0 Å². The zero-order chi connectivity index (χ0) is 26.8. The first-order chi connectivity index (χ1) is 18.2. The van der Waals surface area contributed by atoms with Crippen LogP contribution in [0.15, 0.2) is 71.3 Å². The Kier molecular flexibility index (Phi) is 5.98. The van der Waals surface area contributed by atoms with Crippen molar-refractivity contribution in [2.45, 2.75) is 72.6 Å². The molecule has 6 rings (SSSR count). The molecule has 0 saturated carbocycles. The third kappa shape index (κ3) is 3.72. The molecule has 2 aromatic heterocycles. The normalized spacial score (nSPS) is 14.3. The van der Waals surface area contributed by atoms with Crippen LogP contribution in [0.1, 0.15) is 82.6 Å². The van der Waals surface area contributed by atoms with Crippen LogP contribution in [0, 0.1) is 18.8 Å². The Balaban J connectivity index is 1.69. The smallest absolute Gasteiger partial charge is 0.145 e. The monoisotopic (exact) mass is 501 g/mol. The molecule has 3 aromatic carbocycles. The zero-order valence-corrected chi connectivity index (χ0v) is 23.9. The van der Waals surface area contributed by atoms with Crippen LogP contribution in [0.2, 0.25) is 0 Å².